The molecular formula is C23H30N4O2S. The number of nitrogens with zero attached hydrogens (tertiary/aromatic N) is 3. The van der Waals surface area contributed by atoms with Gasteiger partial charge in [-0.2, -0.15) is 0 Å². The quantitative estimate of drug-likeness (QED) is 0.637. The average molecular weight is 427 g/mol. The number of hydrogen-bond acceptors (Lipinski definition) is 7. The Labute approximate surface area is 181 Å². The molecule has 2 aliphatic rings. The van der Waals surface area contributed by atoms with E-state index in [1.807, 2.05) is 30.4 Å². The molecule has 1 aliphatic carbocycles. The van der Waals surface area contributed by atoms with Crippen molar-refractivity contribution in [2.45, 2.75) is 52.6 Å². The largest absolute Gasteiger partial charge is 0.464 e. The Morgan fingerprint density at radius 1 is 1.27 bits per heavy atom. The monoisotopic (exact) mass is 426 g/mol. The first-order valence-electron chi connectivity index (χ1n) is 11.0. The van der Waals surface area contributed by atoms with Crippen molar-refractivity contribution in [3.8, 4) is 0 Å². The van der Waals surface area contributed by atoms with E-state index in [9.17, 15) is 0 Å². The van der Waals surface area contributed by atoms with Crippen molar-refractivity contribution in [3.05, 3.63) is 39.9 Å². The van der Waals surface area contributed by atoms with E-state index in [-0.39, 0.29) is 6.04 Å². The van der Waals surface area contributed by atoms with Crippen LogP contribution in [0, 0.1) is 12.8 Å². The first-order valence-corrected chi connectivity index (χ1v) is 11.8. The summed E-state index contributed by atoms with van der Waals surface area (Å²) in [6.07, 6.45) is 3.51. The van der Waals surface area contributed by atoms with E-state index in [0.717, 1.165) is 79.6 Å². The summed E-state index contributed by atoms with van der Waals surface area (Å²) in [5, 5.41) is 4.88. The molecule has 0 aromatic carbocycles. The molecule has 3 aromatic heterocycles. The van der Waals surface area contributed by atoms with Gasteiger partial charge in [-0.1, -0.05) is 6.92 Å². The maximum atomic E-state index is 5.86. The highest BCUT2D eigenvalue weighted by Crippen LogP contribution is 2.41. The third-order valence-corrected chi connectivity index (χ3v) is 7.36. The number of aryl methyl sites for hydroxylation is 2. The lowest BCUT2D eigenvalue weighted by Crippen LogP contribution is -2.36. The molecule has 2 atom stereocenters. The lowest BCUT2D eigenvalue weighted by Gasteiger charge is -2.26. The molecule has 0 amide bonds. The van der Waals surface area contributed by atoms with Gasteiger partial charge in [0.1, 0.15) is 28.0 Å². The predicted octanol–water partition coefficient (Wildman–Crippen LogP) is 4.72. The minimum absolute atomic E-state index is 0.0473. The second-order valence-electron chi connectivity index (χ2n) is 8.72. The Morgan fingerprint density at radius 3 is 2.87 bits per heavy atom. The Hall–Kier alpha value is -1.96. The SMILES string of the molecule is Cc1ccc(C(C)Nc2nc(CN3CCOCC3)nc3sc4c(c23)CCC(C)C4)o1. The first-order chi connectivity index (χ1) is 14.6. The van der Waals surface area contributed by atoms with Crippen LogP contribution in [0.4, 0.5) is 5.82 Å². The Kier molecular flexibility index (Phi) is 5.52. The van der Waals surface area contributed by atoms with Gasteiger partial charge in [0.2, 0.25) is 0 Å². The fraction of sp³-hybridized carbons (Fsp3) is 0.565. The van der Waals surface area contributed by atoms with Crippen LogP contribution in [0.3, 0.4) is 0 Å². The van der Waals surface area contributed by atoms with Crippen LogP contribution >= 0.6 is 11.3 Å². The number of aromatic nitrogens is 2. The van der Waals surface area contributed by atoms with E-state index in [4.69, 9.17) is 19.1 Å². The molecule has 0 radical (unpaired) electrons. The third kappa shape index (κ3) is 3.98. The summed E-state index contributed by atoms with van der Waals surface area (Å²) in [6.45, 7) is 10.7. The van der Waals surface area contributed by atoms with Gasteiger partial charge in [-0.3, -0.25) is 4.90 Å². The lowest BCUT2D eigenvalue weighted by atomic mass is 9.89. The summed E-state index contributed by atoms with van der Waals surface area (Å²) in [5.74, 6) is 4.46. The molecule has 1 saturated heterocycles. The summed E-state index contributed by atoms with van der Waals surface area (Å²) in [4.78, 5) is 15.0. The highest BCUT2D eigenvalue weighted by Gasteiger charge is 2.25. The molecule has 7 heteroatoms. The van der Waals surface area contributed by atoms with Crippen LogP contribution in [0.25, 0.3) is 10.2 Å². The molecule has 4 heterocycles. The van der Waals surface area contributed by atoms with E-state index in [1.54, 1.807) is 0 Å². The van der Waals surface area contributed by atoms with Crippen molar-refractivity contribution < 1.29 is 9.15 Å². The van der Waals surface area contributed by atoms with E-state index < -0.39 is 0 Å². The Morgan fingerprint density at radius 2 is 2.10 bits per heavy atom. The Balaban J connectivity index is 1.52. The van der Waals surface area contributed by atoms with Gasteiger partial charge in [-0.15, -0.1) is 11.3 Å². The minimum atomic E-state index is 0.0473. The fourth-order valence-electron chi connectivity index (χ4n) is 4.48. The zero-order valence-electron chi connectivity index (χ0n) is 18.0. The molecule has 160 valence electrons. The van der Waals surface area contributed by atoms with Gasteiger partial charge in [0.05, 0.1) is 31.2 Å². The van der Waals surface area contributed by atoms with Crippen LogP contribution in [0.2, 0.25) is 0 Å². The van der Waals surface area contributed by atoms with E-state index in [0.29, 0.717) is 0 Å². The molecule has 0 bridgehead atoms. The van der Waals surface area contributed by atoms with E-state index >= 15 is 0 Å². The Bertz CT molecular complexity index is 1040. The van der Waals surface area contributed by atoms with Crippen molar-refractivity contribution >= 4 is 27.4 Å². The van der Waals surface area contributed by atoms with Gasteiger partial charge in [0.15, 0.2) is 0 Å². The van der Waals surface area contributed by atoms with Crippen LogP contribution in [0.15, 0.2) is 16.5 Å². The second-order valence-corrected chi connectivity index (χ2v) is 9.81. The lowest BCUT2D eigenvalue weighted by molar-refractivity contribution is 0.0331. The summed E-state index contributed by atoms with van der Waals surface area (Å²) in [7, 11) is 0. The third-order valence-electron chi connectivity index (χ3n) is 6.21. The standard InChI is InChI=1S/C23H30N4O2S/c1-14-4-6-17-19(12-14)30-23-21(17)22(24-16(3)18-7-5-15(2)29-18)25-20(26-23)13-27-8-10-28-11-9-27/h5,7,14,16H,4,6,8-13H2,1-3H3,(H,24,25,26). The van der Waals surface area contributed by atoms with Crippen LogP contribution in [-0.2, 0) is 24.1 Å². The normalized spacial score (nSPS) is 21.0. The number of furan rings is 1. The van der Waals surface area contributed by atoms with Crippen LogP contribution in [0.5, 0.6) is 0 Å². The van der Waals surface area contributed by atoms with Crippen molar-refractivity contribution in [2.24, 2.45) is 5.92 Å². The average Bonchev–Trinajstić information content (AvgIpc) is 3.31. The van der Waals surface area contributed by atoms with Crippen molar-refractivity contribution in [2.75, 3.05) is 31.6 Å². The molecule has 1 N–H and O–H groups in total. The van der Waals surface area contributed by atoms with Gasteiger partial charge in [-0.05, 0) is 56.7 Å². The summed E-state index contributed by atoms with van der Waals surface area (Å²) in [5.41, 5.74) is 1.45. The molecule has 6 nitrogen and oxygen atoms in total. The smallest absolute Gasteiger partial charge is 0.146 e. The molecule has 1 fully saturated rings. The molecule has 2 unspecified atom stereocenters. The predicted molar refractivity (Wildman–Crippen MR) is 120 cm³/mol. The number of rotatable bonds is 5. The summed E-state index contributed by atoms with van der Waals surface area (Å²) in [6, 6.07) is 4.11. The second kappa shape index (κ2) is 8.29. The van der Waals surface area contributed by atoms with Gasteiger partial charge in [0, 0.05) is 18.0 Å². The van der Waals surface area contributed by atoms with Gasteiger partial charge in [-0.25, -0.2) is 9.97 Å². The zero-order valence-corrected chi connectivity index (χ0v) is 18.8. The fourth-order valence-corrected chi connectivity index (χ4v) is 5.88. The van der Waals surface area contributed by atoms with Crippen LogP contribution < -0.4 is 5.32 Å². The summed E-state index contributed by atoms with van der Waals surface area (Å²) >= 11 is 1.86. The molecular weight excluding hydrogens is 396 g/mol. The number of hydrogen-bond donors (Lipinski definition) is 1. The van der Waals surface area contributed by atoms with Crippen molar-refractivity contribution in [3.63, 3.8) is 0 Å². The highest BCUT2D eigenvalue weighted by molar-refractivity contribution is 7.19. The van der Waals surface area contributed by atoms with Gasteiger partial charge in [0.25, 0.3) is 0 Å². The van der Waals surface area contributed by atoms with Gasteiger partial charge >= 0.3 is 0 Å². The number of morpholine rings is 1. The van der Waals surface area contributed by atoms with Crippen molar-refractivity contribution in [1.82, 2.24) is 14.9 Å². The van der Waals surface area contributed by atoms with Crippen molar-refractivity contribution in [1.29, 1.82) is 0 Å². The van der Waals surface area contributed by atoms with Crippen LogP contribution in [0.1, 0.15) is 54.1 Å². The molecule has 3 aromatic rings. The number of nitrogens with one attached hydrogen (secondary N) is 1. The topological polar surface area (TPSA) is 63.4 Å². The number of anilines is 1. The highest BCUT2D eigenvalue weighted by atomic mass is 32.1. The molecule has 0 saturated carbocycles. The van der Waals surface area contributed by atoms with Gasteiger partial charge < -0.3 is 14.5 Å². The van der Waals surface area contributed by atoms with Crippen LogP contribution in [-0.4, -0.2) is 41.2 Å². The number of fused-ring (bicyclic) bond motifs is 3. The number of ether oxygens (including phenoxy) is 1. The molecule has 5 rings (SSSR count). The van der Waals surface area contributed by atoms with E-state index in [2.05, 4.69) is 24.1 Å². The molecule has 0 spiro atoms. The van der Waals surface area contributed by atoms with E-state index in [1.165, 1.54) is 22.2 Å². The zero-order chi connectivity index (χ0) is 20.7. The maximum Gasteiger partial charge on any atom is 0.146 e. The maximum absolute atomic E-state index is 5.86. The first kappa shape index (κ1) is 20.0. The number of thiophene rings is 1. The minimum Gasteiger partial charge on any atom is -0.464 e. The summed E-state index contributed by atoms with van der Waals surface area (Å²) < 4.78 is 11.4. The molecule has 30 heavy (non-hydrogen) atoms. The molecule has 1 aliphatic heterocycles.